The van der Waals surface area contributed by atoms with Crippen LogP contribution in [-0.2, 0) is 0 Å². The molecule has 0 radical (unpaired) electrons. The van der Waals surface area contributed by atoms with Gasteiger partial charge in [0.15, 0.2) is 0 Å². The Labute approximate surface area is 112 Å². The first-order valence-corrected chi connectivity index (χ1v) is 6.11. The third-order valence-electron chi connectivity index (χ3n) is 2.78. The Balaban J connectivity index is 1.96. The van der Waals surface area contributed by atoms with Gasteiger partial charge in [0.1, 0.15) is 17.3 Å². The van der Waals surface area contributed by atoms with Crippen LogP contribution in [0.3, 0.4) is 0 Å². The van der Waals surface area contributed by atoms with Crippen molar-refractivity contribution in [3.05, 3.63) is 47.5 Å². The topological polar surface area (TPSA) is 67.2 Å². The van der Waals surface area contributed by atoms with Crippen LogP contribution in [-0.4, -0.2) is 11.0 Å². The number of furan rings is 1. The molecule has 0 aliphatic rings. The Morgan fingerprint density at radius 3 is 2.74 bits per heavy atom. The fourth-order valence-electron chi connectivity index (χ4n) is 1.71. The van der Waals surface area contributed by atoms with Crippen LogP contribution in [0.1, 0.15) is 30.0 Å². The lowest BCUT2D eigenvalue weighted by Crippen LogP contribution is -2.31. The lowest BCUT2D eigenvalue weighted by molar-refractivity contribution is 0.247. The number of hydrogen-bond acceptors (Lipinski definition) is 3. The molecule has 0 aromatic carbocycles. The molecule has 0 bridgehead atoms. The van der Waals surface area contributed by atoms with Crippen LogP contribution < -0.4 is 10.6 Å². The third-order valence-corrected chi connectivity index (χ3v) is 2.78. The first-order chi connectivity index (χ1) is 9.06. The van der Waals surface area contributed by atoms with E-state index in [2.05, 4.69) is 15.6 Å². The molecule has 0 spiro atoms. The number of carbonyl (C=O) groups excluding carboxylic acids is 1. The molecule has 0 saturated carbocycles. The van der Waals surface area contributed by atoms with Crippen molar-refractivity contribution in [2.75, 3.05) is 5.32 Å². The van der Waals surface area contributed by atoms with E-state index in [1.807, 2.05) is 45.0 Å². The molecule has 5 nitrogen and oxygen atoms in total. The summed E-state index contributed by atoms with van der Waals surface area (Å²) in [6.07, 6.45) is 1.64. The maximum atomic E-state index is 11.9. The van der Waals surface area contributed by atoms with Crippen molar-refractivity contribution in [3.63, 3.8) is 0 Å². The quantitative estimate of drug-likeness (QED) is 0.889. The Kier molecular flexibility index (Phi) is 3.85. The summed E-state index contributed by atoms with van der Waals surface area (Å²) in [7, 11) is 0. The summed E-state index contributed by atoms with van der Waals surface area (Å²) in [6.45, 7) is 5.62. The highest BCUT2D eigenvalue weighted by molar-refractivity contribution is 5.89. The summed E-state index contributed by atoms with van der Waals surface area (Å²) < 4.78 is 5.46. The zero-order valence-corrected chi connectivity index (χ0v) is 11.2. The smallest absolute Gasteiger partial charge is 0.320 e. The van der Waals surface area contributed by atoms with Gasteiger partial charge in [-0.15, -0.1) is 0 Å². The van der Waals surface area contributed by atoms with E-state index in [0.29, 0.717) is 5.82 Å². The predicted octanol–water partition coefficient (Wildman–Crippen LogP) is 3.17. The molecule has 2 heterocycles. The molecule has 0 saturated heterocycles. The minimum atomic E-state index is -0.302. The normalized spacial score (nSPS) is 11.9. The maximum absolute atomic E-state index is 11.9. The van der Waals surface area contributed by atoms with Crippen molar-refractivity contribution in [2.45, 2.75) is 26.8 Å². The van der Waals surface area contributed by atoms with Gasteiger partial charge in [-0.1, -0.05) is 6.07 Å². The molecule has 19 heavy (non-hydrogen) atoms. The average molecular weight is 259 g/mol. The van der Waals surface area contributed by atoms with E-state index in [4.69, 9.17) is 4.42 Å². The highest BCUT2D eigenvalue weighted by Gasteiger charge is 2.13. The fourth-order valence-corrected chi connectivity index (χ4v) is 1.71. The molecule has 100 valence electrons. The van der Waals surface area contributed by atoms with Crippen LogP contribution in [0.2, 0.25) is 0 Å². The van der Waals surface area contributed by atoms with E-state index in [1.165, 1.54) is 0 Å². The fraction of sp³-hybridized carbons (Fsp3) is 0.286. The molecular formula is C14H17N3O2. The van der Waals surface area contributed by atoms with E-state index in [-0.39, 0.29) is 12.1 Å². The molecule has 0 aliphatic heterocycles. The summed E-state index contributed by atoms with van der Waals surface area (Å²) in [4.78, 5) is 16.0. The van der Waals surface area contributed by atoms with Crippen molar-refractivity contribution >= 4 is 11.8 Å². The van der Waals surface area contributed by atoms with Gasteiger partial charge in [-0.05, 0) is 44.5 Å². The van der Waals surface area contributed by atoms with Gasteiger partial charge in [-0.2, -0.15) is 0 Å². The summed E-state index contributed by atoms with van der Waals surface area (Å²) in [6, 6.07) is 6.94. The number of carbonyl (C=O) groups is 1. The largest absolute Gasteiger partial charge is 0.464 e. The van der Waals surface area contributed by atoms with Crippen molar-refractivity contribution in [3.8, 4) is 0 Å². The van der Waals surface area contributed by atoms with Gasteiger partial charge < -0.3 is 9.73 Å². The van der Waals surface area contributed by atoms with E-state index in [0.717, 1.165) is 17.1 Å². The molecule has 2 rings (SSSR count). The average Bonchev–Trinajstić information content (AvgIpc) is 2.79. The summed E-state index contributed by atoms with van der Waals surface area (Å²) in [5.41, 5.74) is 0.916. The number of nitrogens with one attached hydrogen (secondary N) is 2. The van der Waals surface area contributed by atoms with E-state index in [9.17, 15) is 4.79 Å². The van der Waals surface area contributed by atoms with E-state index < -0.39 is 0 Å². The van der Waals surface area contributed by atoms with Crippen molar-refractivity contribution in [1.29, 1.82) is 0 Å². The van der Waals surface area contributed by atoms with Crippen LogP contribution in [0.4, 0.5) is 10.6 Å². The summed E-state index contributed by atoms with van der Waals surface area (Å²) in [5, 5.41) is 5.52. The Hall–Kier alpha value is -2.30. The van der Waals surface area contributed by atoms with Gasteiger partial charge in [-0.25, -0.2) is 9.78 Å². The molecule has 0 fully saturated rings. The monoisotopic (exact) mass is 259 g/mol. The minimum absolute atomic E-state index is 0.197. The molecular weight excluding hydrogens is 242 g/mol. The number of anilines is 1. The predicted molar refractivity (Wildman–Crippen MR) is 73.0 cm³/mol. The lowest BCUT2D eigenvalue weighted by atomic mass is 10.2. The van der Waals surface area contributed by atoms with Gasteiger partial charge >= 0.3 is 6.03 Å². The number of hydrogen-bond donors (Lipinski definition) is 2. The first kappa shape index (κ1) is 13.1. The lowest BCUT2D eigenvalue weighted by Gasteiger charge is -2.13. The Morgan fingerprint density at radius 2 is 2.11 bits per heavy atom. The van der Waals surface area contributed by atoms with Gasteiger partial charge in [0.2, 0.25) is 0 Å². The van der Waals surface area contributed by atoms with Gasteiger partial charge in [0.05, 0.1) is 6.04 Å². The van der Waals surface area contributed by atoms with E-state index in [1.54, 1.807) is 6.20 Å². The Bertz CT molecular complexity index is 578. The van der Waals surface area contributed by atoms with Gasteiger partial charge in [0.25, 0.3) is 0 Å². The van der Waals surface area contributed by atoms with Crippen LogP contribution in [0.5, 0.6) is 0 Å². The number of aromatic nitrogens is 1. The summed E-state index contributed by atoms with van der Waals surface area (Å²) in [5.74, 6) is 2.11. The number of nitrogens with zero attached hydrogens (tertiary/aromatic N) is 1. The highest BCUT2D eigenvalue weighted by atomic mass is 16.3. The van der Waals surface area contributed by atoms with Crippen molar-refractivity contribution in [1.82, 2.24) is 10.3 Å². The van der Waals surface area contributed by atoms with Crippen LogP contribution in [0, 0.1) is 13.8 Å². The second kappa shape index (κ2) is 5.56. The molecule has 5 heteroatoms. The minimum Gasteiger partial charge on any atom is -0.464 e. The molecule has 1 atom stereocenters. The zero-order valence-electron chi connectivity index (χ0n) is 11.2. The van der Waals surface area contributed by atoms with Gasteiger partial charge in [0, 0.05) is 6.20 Å². The first-order valence-electron chi connectivity index (χ1n) is 6.11. The zero-order chi connectivity index (χ0) is 13.8. The van der Waals surface area contributed by atoms with Crippen LogP contribution in [0.25, 0.3) is 0 Å². The van der Waals surface area contributed by atoms with E-state index >= 15 is 0 Å². The number of pyridine rings is 1. The molecule has 0 unspecified atom stereocenters. The highest BCUT2D eigenvalue weighted by Crippen LogP contribution is 2.16. The summed E-state index contributed by atoms with van der Waals surface area (Å²) >= 11 is 0. The Morgan fingerprint density at radius 1 is 1.32 bits per heavy atom. The number of aryl methyl sites for hydroxylation is 2. The number of rotatable bonds is 3. The molecule has 0 aliphatic carbocycles. The second-order valence-electron chi connectivity index (χ2n) is 4.44. The maximum Gasteiger partial charge on any atom is 0.320 e. The molecule has 2 amide bonds. The van der Waals surface area contributed by atoms with Gasteiger partial charge in [-0.3, -0.25) is 5.32 Å². The molecule has 2 aromatic heterocycles. The number of amides is 2. The number of urea groups is 1. The molecule has 2 N–H and O–H groups in total. The van der Waals surface area contributed by atoms with Crippen LogP contribution in [0.15, 0.2) is 34.9 Å². The van der Waals surface area contributed by atoms with Crippen molar-refractivity contribution < 1.29 is 9.21 Å². The second-order valence-corrected chi connectivity index (χ2v) is 4.44. The standard InChI is InChI=1S/C14H17N3O2/c1-9-5-4-8-15-13(9)17-14(18)16-11(3)12-7-6-10(2)19-12/h4-8,11H,1-3H3,(H2,15,16,17,18)/t11-/m0/s1. The van der Waals surface area contributed by atoms with Crippen molar-refractivity contribution in [2.24, 2.45) is 0 Å². The molecule has 2 aromatic rings. The van der Waals surface area contributed by atoms with Crippen LogP contribution >= 0.6 is 0 Å². The SMILES string of the molecule is Cc1ccc([C@H](C)NC(=O)Nc2ncccc2C)o1. The third kappa shape index (κ3) is 3.34.